The zero-order valence-corrected chi connectivity index (χ0v) is 12.4. The highest BCUT2D eigenvalue weighted by molar-refractivity contribution is 6.17. The molecular weight excluding hydrogens is 282 g/mol. The summed E-state index contributed by atoms with van der Waals surface area (Å²) in [5.41, 5.74) is 5.21. The van der Waals surface area contributed by atoms with E-state index in [0.29, 0.717) is 12.3 Å². The summed E-state index contributed by atoms with van der Waals surface area (Å²) >= 11 is 6.05. The van der Waals surface area contributed by atoms with E-state index in [1.807, 2.05) is 36.4 Å². The van der Waals surface area contributed by atoms with Crippen LogP contribution in [-0.2, 0) is 12.3 Å². The van der Waals surface area contributed by atoms with Gasteiger partial charge in [0.15, 0.2) is 0 Å². The summed E-state index contributed by atoms with van der Waals surface area (Å²) in [5.74, 6) is 1.18. The quantitative estimate of drug-likeness (QED) is 0.682. The van der Waals surface area contributed by atoms with Gasteiger partial charge in [-0.2, -0.15) is 5.26 Å². The van der Waals surface area contributed by atoms with Gasteiger partial charge in [0.05, 0.1) is 29.4 Å². The second-order valence-electron chi connectivity index (χ2n) is 4.99. The molecule has 0 N–H and O–H groups in total. The number of alkyl halides is 1. The summed E-state index contributed by atoms with van der Waals surface area (Å²) in [5, 5.41) is 8.74. The summed E-state index contributed by atoms with van der Waals surface area (Å²) in [6, 6.07) is 16.3. The Bertz CT molecular complexity index is 826. The van der Waals surface area contributed by atoms with E-state index in [-0.39, 0.29) is 0 Å². The van der Waals surface area contributed by atoms with Gasteiger partial charge in [-0.3, -0.25) is 4.57 Å². The third-order valence-electron chi connectivity index (χ3n) is 3.48. The lowest BCUT2D eigenvalue weighted by atomic mass is 10.1. The Hall–Kier alpha value is -2.31. The van der Waals surface area contributed by atoms with Crippen LogP contribution in [0.5, 0.6) is 0 Å². The van der Waals surface area contributed by atoms with Crippen LogP contribution in [0.4, 0.5) is 0 Å². The summed E-state index contributed by atoms with van der Waals surface area (Å²) in [6.45, 7) is 2.06. The molecule has 0 aliphatic carbocycles. The Morgan fingerprint density at radius 2 is 1.95 bits per heavy atom. The van der Waals surface area contributed by atoms with E-state index >= 15 is 0 Å². The minimum absolute atomic E-state index is 0.355. The standard InChI is InChI=1S/C17H14ClN3/c1-12-2-7-15-16(10-12)21(17(11-18)20-15)14-5-3-13(4-6-14)8-9-19/h2-7,10H,8,11H2,1H3. The Morgan fingerprint density at radius 3 is 2.62 bits per heavy atom. The highest BCUT2D eigenvalue weighted by Crippen LogP contribution is 2.24. The van der Waals surface area contributed by atoms with Crippen LogP contribution in [0.15, 0.2) is 42.5 Å². The molecule has 0 aliphatic heterocycles. The van der Waals surface area contributed by atoms with Crippen molar-refractivity contribution in [2.75, 3.05) is 0 Å². The number of imidazole rings is 1. The van der Waals surface area contributed by atoms with Gasteiger partial charge in [0.1, 0.15) is 5.82 Å². The van der Waals surface area contributed by atoms with Crippen LogP contribution in [0.2, 0.25) is 0 Å². The fourth-order valence-electron chi connectivity index (χ4n) is 2.47. The molecule has 0 amide bonds. The first kappa shape index (κ1) is 13.7. The number of nitriles is 1. The molecule has 0 saturated heterocycles. The van der Waals surface area contributed by atoms with Crippen LogP contribution in [0.3, 0.4) is 0 Å². The van der Waals surface area contributed by atoms with E-state index in [1.165, 1.54) is 5.56 Å². The fourth-order valence-corrected chi connectivity index (χ4v) is 2.65. The number of fused-ring (bicyclic) bond motifs is 1. The predicted octanol–water partition coefficient (Wildman–Crippen LogP) is 4.14. The topological polar surface area (TPSA) is 41.6 Å². The zero-order valence-electron chi connectivity index (χ0n) is 11.7. The van der Waals surface area contributed by atoms with Crippen molar-refractivity contribution in [2.45, 2.75) is 19.2 Å². The molecule has 0 radical (unpaired) electrons. The van der Waals surface area contributed by atoms with Crippen molar-refractivity contribution in [2.24, 2.45) is 0 Å². The van der Waals surface area contributed by atoms with E-state index in [1.54, 1.807) is 0 Å². The molecule has 3 nitrogen and oxygen atoms in total. The molecule has 4 heteroatoms. The van der Waals surface area contributed by atoms with Gasteiger partial charge in [0, 0.05) is 5.69 Å². The lowest BCUT2D eigenvalue weighted by Crippen LogP contribution is -1.99. The van der Waals surface area contributed by atoms with Crippen molar-refractivity contribution in [3.05, 3.63) is 59.4 Å². The first-order valence-electron chi connectivity index (χ1n) is 6.73. The van der Waals surface area contributed by atoms with E-state index in [2.05, 4.69) is 28.6 Å². The lowest BCUT2D eigenvalue weighted by Gasteiger charge is -2.08. The third kappa shape index (κ3) is 2.51. The monoisotopic (exact) mass is 295 g/mol. The first-order chi connectivity index (χ1) is 10.2. The predicted molar refractivity (Wildman–Crippen MR) is 84.7 cm³/mol. The fraction of sp³-hybridized carbons (Fsp3) is 0.176. The van der Waals surface area contributed by atoms with Gasteiger partial charge < -0.3 is 0 Å². The minimum Gasteiger partial charge on any atom is -0.295 e. The Morgan fingerprint density at radius 1 is 1.19 bits per heavy atom. The number of halogens is 1. The molecule has 0 spiro atoms. The second kappa shape index (κ2) is 5.59. The molecule has 0 atom stereocenters. The number of rotatable bonds is 3. The van der Waals surface area contributed by atoms with Crippen LogP contribution in [0.25, 0.3) is 16.7 Å². The van der Waals surface area contributed by atoms with Crippen LogP contribution in [0, 0.1) is 18.3 Å². The molecule has 0 aliphatic rings. The molecule has 1 aromatic heterocycles. The minimum atomic E-state index is 0.355. The SMILES string of the molecule is Cc1ccc2nc(CCl)n(-c3ccc(CC#N)cc3)c2c1. The number of aromatic nitrogens is 2. The van der Waals surface area contributed by atoms with E-state index < -0.39 is 0 Å². The summed E-state index contributed by atoms with van der Waals surface area (Å²) in [7, 11) is 0. The van der Waals surface area contributed by atoms with Gasteiger partial charge in [0.25, 0.3) is 0 Å². The van der Waals surface area contributed by atoms with Crippen LogP contribution in [0.1, 0.15) is 17.0 Å². The number of hydrogen-bond acceptors (Lipinski definition) is 2. The molecule has 0 saturated carbocycles. The maximum Gasteiger partial charge on any atom is 0.129 e. The Balaban J connectivity index is 2.18. The van der Waals surface area contributed by atoms with Crippen molar-refractivity contribution in [3.8, 4) is 11.8 Å². The molecule has 104 valence electrons. The smallest absolute Gasteiger partial charge is 0.129 e. The largest absolute Gasteiger partial charge is 0.295 e. The van der Waals surface area contributed by atoms with Gasteiger partial charge in [-0.05, 0) is 42.3 Å². The van der Waals surface area contributed by atoms with Crippen molar-refractivity contribution >= 4 is 22.6 Å². The van der Waals surface area contributed by atoms with Gasteiger partial charge in [-0.1, -0.05) is 18.2 Å². The molecule has 3 rings (SSSR count). The van der Waals surface area contributed by atoms with Crippen LogP contribution >= 0.6 is 11.6 Å². The highest BCUT2D eigenvalue weighted by atomic mass is 35.5. The average molecular weight is 296 g/mol. The van der Waals surface area contributed by atoms with Crippen LogP contribution < -0.4 is 0 Å². The van der Waals surface area contributed by atoms with Crippen molar-refractivity contribution in [1.29, 1.82) is 5.26 Å². The van der Waals surface area contributed by atoms with Crippen molar-refractivity contribution in [3.63, 3.8) is 0 Å². The number of nitrogens with zero attached hydrogens (tertiary/aromatic N) is 3. The maximum absolute atomic E-state index is 8.74. The lowest BCUT2D eigenvalue weighted by molar-refractivity contribution is 0.980. The summed E-state index contributed by atoms with van der Waals surface area (Å²) in [6.07, 6.45) is 0.423. The second-order valence-corrected chi connectivity index (χ2v) is 5.26. The molecule has 3 aromatic rings. The van der Waals surface area contributed by atoms with Gasteiger partial charge >= 0.3 is 0 Å². The molecule has 0 bridgehead atoms. The van der Waals surface area contributed by atoms with Gasteiger partial charge in [0.2, 0.25) is 0 Å². The first-order valence-corrected chi connectivity index (χ1v) is 7.26. The number of hydrogen-bond donors (Lipinski definition) is 0. The average Bonchev–Trinajstić information content (AvgIpc) is 2.86. The van der Waals surface area contributed by atoms with E-state index in [4.69, 9.17) is 16.9 Å². The Labute approximate surface area is 128 Å². The van der Waals surface area contributed by atoms with E-state index in [0.717, 1.165) is 28.1 Å². The number of aryl methyl sites for hydroxylation is 1. The van der Waals surface area contributed by atoms with Crippen molar-refractivity contribution in [1.82, 2.24) is 9.55 Å². The van der Waals surface area contributed by atoms with Gasteiger partial charge in [-0.25, -0.2) is 4.98 Å². The number of benzene rings is 2. The molecule has 0 unspecified atom stereocenters. The summed E-state index contributed by atoms with van der Waals surface area (Å²) < 4.78 is 2.07. The molecule has 2 aromatic carbocycles. The van der Waals surface area contributed by atoms with Crippen molar-refractivity contribution < 1.29 is 0 Å². The molecule has 21 heavy (non-hydrogen) atoms. The summed E-state index contributed by atoms with van der Waals surface area (Å²) in [4.78, 5) is 4.59. The normalized spacial score (nSPS) is 10.7. The molecule has 0 fully saturated rings. The van der Waals surface area contributed by atoms with Crippen LogP contribution in [-0.4, -0.2) is 9.55 Å². The zero-order chi connectivity index (χ0) is 14.8. The molecular formula is C17H14ClN3. The van der Waals surface area contributed by atoms with Gasteiger partial charge in [-0.15, -0.1) is 11.6 Å². The van der Waals surface area contributed by atoms with E-state index in [9.17, 15) is 0 Å². The Kier molecular flexibility index (Phi) is 3.64. The maximum atomic E-state index is 8.74. The third-order valence-corrected chi connectivity index (χ3v) is 3.72. The molecule has 1 heterocycles. The highest BCUT2D eigenvalue weighted by Gasteiger charge is 2.11.